The average molecular weight is 320 g/mol. The molecule has 5 nitrogen and oxygen atoms in total. The molecule has 1 aliphatic rings. The maximum absolute atomic E-state index is 12.6. The Morgan fingerprint density at radius 1 is 1.08 bits per heavy atom. The molecule has 0 fully saturated rings. The first kappa shape index (κ1) is 15.9. The molecule has 0 spiro atoms. The molecule has 122 valence electrons. The lowest BCUT2D eigenvalue weighted by atomic mass is 10.1. The highest BCUT2D eigenvalue weighted by Gasteiger charge is 2.33. The minimum absolute atomic E-state index is 0.0765. The lowest BCUT2D eigenvalue weighted by Gasteiger charge is -2.12. The van der Waals surface area contributed by atoms with Crippen LogP contribution in [0.2, 0.25) is 0 Å². The van der Waals surface area contributed by atoms with E-state index in [1.165, 1.54) is 5.01 Å². The number of hydrogen-bond acceptors (Lipinski definition) is 4. The molecule has 0 aliphatic carbocycles. The van der Waals surface area contributed by atoms with Gasteiger partial charge >= 0.3 is 0 Å². The molecule has 0 aromatic heterocycles. The minimum Gasteiger partial charge on any atom is -0.378 e. The van der Waals surface area contributed by atoms with Gasteiger partial charge < -0.3 is 4.90 Å². The Hall–Kier alpha value is -2.95. The third-order valence-corrected chi connectivity index (χ3v) is 3.92. The summed E-state index contributed by atoms with van der Waals surface area (Å²) in [5, 5.41) is 5.82. The van der Waals surface area contributed by atoms with Crippen molar-refractivity contribution in [2.75, 3.05) is 24.0 Å². The van der Waals surface area contributed by atoms with Crippen molar-refractivity contribution in [3.8, 4) is 0 Å². The number of aliphatic imine (C=N–C) groups is 1. The summed E-state index contributed by atoms with van der Waals surface area (Å²) in [6.07, 6.45) is 1.68. The second-order valence-corrected chi connectivity index (χ2v) is 5.89. The van der Waals surface area contributed by atoms with Crippen LogP contribution < -0.4 is 9.91 Å². The highest BCUT2D eigenvalue weighted by Crippen LogP contribution is 2.24. The van der Waals surface area contributed by atoms with Crippen LogP contribution in [0.3, 0.4) is 0 Å². The predicted octanol–water partition coefficient (Wildman–Crippen LogP) is 3.49. The molecule has 0 radical (unpaired) electrons. The summed E-state index contributed by atoms with van der Waals surface area (Å²) >= 11 is 0. The molecule has 0 saturated heterocycles. The van der Waals surface area contributed by atoms with Gasteiger partial charge in [-0.15, -0.1) is 0 Å². The number of para-hydroxylation sites is 1. The molecule has 0 saturated carbocycles. The Morgan fingerprint density at radius 2 is 1.75 bits per heavy atom. The molecule has 0 bridgehead atoms. The summed E-state index contributed by atoms with van der Waals surface area (Å²) in [5.74, 6) is -0.494. The van der Waals surface area contributed by atoms with Gasteiger partial charge in [-0.3, -0.25) is 9.79 Å². The Kier molecular flexibility index (Phi) is 4.42. The van der Waals surface area contributed by atoms with E-state index in [0.717, 1.165) is 22.8 Å². The van der Waals surface area contributed by atoms with Crippen LogP contribution in [0.5, 0.6) is 0 Å². The number of anilines is 2. The molecule has 0 unspecified atom stereocenters. The molecule has 1 heterocycles. The SMILES string of the molecule is CC1=NN(c2ccccc2)C(=O)[C@H]1C=Nc1ccc(N(C)C)cc1. The lowest BCUT2D eigenvalue weighted by molar-refractivity contribution is -0.118. The van der Waals surface area contributed by atoms with Crippen molar-refractivity contribution < 1.29 is 4.79 Å². The zero-order chi connectivity index (χ0) is 17.1. The van der Waals surface area contributed by atoms with Gasteiger partial charge in [0.25, 0.3) is 5.91 Å². The zero-order valence-electron chi connectivity index (χ0n) is 14.0. The number of hydrogen-bond donors (Lipinski definition) is 0. The van der Waals surface area contributed by atoms with Crippen LogP contribution >= 0.6 is 0 Å². The molecule has 0 N–H and O–H groups in total. The minimum atomic E-state index is -0.418. The Bertz CT molecular complexity index is 779. The van der Waals surface area contributed by atoms with Crippen LogP contribution in [0.25, 0.3) is 0 Å². The summed E-state index contributed by atoms with van der Waals surface area (Å²) in [6, 6.07) is 17.3. The van der Waals surface area contributed by atoms with E-state index in [-0.39, 0.29) is 5.91 Å². The normalized spacial score (nSPS) is 17.5. The summed E-state index contributed by atoms with van der Waals surface area (Å²) in [6.45, 7) is 1.85. The van der Waals surface area contributed by atoms with E-state index in [1.54, 1.807) is 6.21 Å². The summed E-state index contributed by atoms with van der Waals surface area (Å²) in [4.78, 5) is 19.1. The number of amides is 1. The number of carbonyl (C=O) groups is 1. The molecule has 24 heavy (non-hydrogen) atoms. The van der Waals surface area contributed by atoms with Gasteiger partial charge in [-0.05, 0) is 43.3 Å². The first-order valence-electron chi connectivity index (χ1n) is 7.82. The molecule has 5 heteroatoms. The topological polar surface area (TPSA) is 48.3 Å². The Labute approximate surface area is 141 Å². The predicted molar refractivity (Wildman–Crippen MR) is 99.4 cm³/mol. The van der Waals surface area contributed by atoms with Crippen LogP contribution in [0.4, 0.5) is 17.1 Å². The van der Waals surface area contributed by atoms with E-state index >= 15 is 0 Å². The lowest BCUT2D eigenvalue weighted by Crippen LogP contribution is -2.27. The van der Waals surface area contributed by atoms with Gasteiger partial charge in [-0.1, -0.05) is 18.2 Å². The number of benzene rings is 2. The molecule has 1 atom stereocenters. The van der Waals surface area contributed by atoms with Gasteiger partial charge in [0.15, 0.2) is 0 Å². The molecular formula is C19H20N4O. The molecule has 3 rings (SSSR count). The standard InChI is InChI=1S/C19H20N4O/c1-14-18(13-20-15-9-11-16(12-10-15)22(2)3)19(24)23(21-14)17-7-5-4-6-8-17/h4-13,18H,1-3H3/t18-/m0/s1. The number of carbonyl (C=O) groups excluding carboxylic acids is 1. The number of rotatable bonds is 4. The summed E-state index contributed by atoms with van der Waals surface area (Å²) in [7, 11) is 3.99. The van der Waals surface area contributed by atoms with Crippen molar-refractivity contribution in [3.05, 3.63) is 54.6 Å². The van der Waals surface area contributed by atoms with Crippen LogP contribution in [0, 0.1) is 5.92 Å². The maximum Gasteiger partial charge on any atom is 0.261 e. The van der Waals surface area contributed by atoms with Gasteiger partial charge in [0, 0.05) is 26.0 Å². The monoisotopic (exact) mass is 320 g/mol. The quantitative estimate of drug-likeness (QED) is 0.810. The number of nitrogens with zero attached hydrogens (tertiary/aromatic N) is 4. The molecule has 1 aliphatic heterocycles. The van der Waals surface area contributed by atoms with Crippen LogP contribution in [-0.2, 0) is 4.79 Å². The fourth-order valence-electron chi connectivity index (χ4n) is 2.50. The first-order chi connectivity index (χ1) is 11.6. The van der Waals surface area contributed by atoms with E-state index < -0.39 is 5.92 Å². The molecule has 2 aromatic rings. The Balaban J connectivity index is 1.76. The van der Waals surface area contributed by atoms with Gasteiger partial charge in [-0.25, -0.2) is 0 Å². The highest BCUT2D eigenvalue weighted by molar-refractivity contribution is 6.23. The second kappa shape index (κ2) is 6.66. The molecular weight excluding hydrogens is 300 g/mol. The second-order valence-electron chi connectivity index (χ2n) is 5.89. The van der Waals surface area contributed by atoms with E-state index in [2.05, 4.69) is 10.1 Å². The number of hydrazone groups is 1. The zero-order valence-corrected chi connectivity index (χ0v) is 14.0. The molecule has 2 aromatic carbocycles. The van der Waals surface area contributed by atoms with Crippen LogP contribution in [0.1, 0.15) is 6.92 Å². The third kappa shape index (κ3) is 3.20. The van der Waals surface area contributed by atoms with Crippen molar-refractivity contribution >= 4 is 34.9 Å². The van der Waals surface area contributed by atoms with Gasteiger partial charge in [0.1, 0.15) is 5.92 Å². The van der Waals surface area contributed by atoms with Crippen LogP contribution in [0.15, 0.2) is 64.7 Å². The fraction of sp³-hybridized carbons (Fsp3) is 0.211. The van der Waals surface area contributed by atoms with Crippen LogP contribution in [-0.4, -0.2) is 31.9 Å². The summed E-state index contributed by atoms with van der Waals surface area (Å²) < 4.78 is 0. The highest BCUT2D eigenvalue weighted by atomic mass is 16.2. The third-order valence-electron chi connectivity index (χ3n) is 3.92. The fourth-order valence-corrected chi connectivity index (χ4v) is 2.50. The van der Waals surface area contributed by atoms with Crippen molar-refractivity contribution in [3.63, 3.8) is 0 Å². The van der Waals surface area contributed by atoms with Crippen molar-refractivity contribution in [1.29, 1.82) is 0 Å². The van der Waals surface area contributed by atoms with Gasteiger partial charge in [0.2, 0.25) is 0 Å². The van der Waals surface area contributed by atoms with Crippen molar-refractivity contribution in [2.24, 2.45) is 16.0 Å². The average Bonchev–Trinajstić information content (AvgIpc) is 2.88. The van der Waals surface area contributed by atoms with E-state index in [0.29, 0.717) is 0 Å². The van der Waals surface area contributed by atoms with E-state index in [4.69, 9.17) is 0 Å². The summed E-state index contributed by atoms with van der Waals surface area (Å²) in [5.41, 5.74) is 3.45. The van der Waals surface area contributed by atoms with E-state index in [1.807, 2.05) is 80.5 Å². The first-order valence-corrected chi connectivity index (χ1v) is 7.82. The van der Waals surface area contributed by atoms with Gasteiger partial charge in [0.05, 0.1) is 17.1 Å². The Morgan fingerprint density at radius 3 is 2.38 bits per heavy atom. The van der Waals surface area contributed by atoms with E-state index in [9.17, 15) is 4.79 Å². The maximum atomic E-state index is 12.6. The smallest absolute Gasteiger partial charge is 0.261 e. The van der Waals surface area contributed by atoms with Gasteiger partial charge in [-0.2, -0.15) is 10.1 Å². The molecule has 1 amide bonds. The van der Waals surface area contributed by atoms with Crippen molar-refractivity contribution in [2.45, 2.75) is 6.92 Å². The van der Waals surface area contributed by atoms with Crippen molar-refractivity contribution in [1.82, 2.24) is 0 Å². The largest absolute Gasteiger partial charge is 0.378 e.